The molecule has 0 fully saturated rings. The number of hydrogen-bond donors (Lipinski definition) is 1. The van der Waals surface area contributed by atoms with Gasteiger partial charge in [0.05, 0.1) is 26.9 Å². The molecule has 156 valence electrons. The van der Waals surface area contributed by atoms with Crippen molar-refractivity contribution in [1.82, 2.24) is 10.3 Å². The van der Waals surface area contributed by atoms with E-state index in [-0.39, 0.29) is 24.0 Å². The fourth-order valence-corrected chi connectivity index (χ4v) is 2.76. The Labute approximate surface area is 173 Å². The van der Waals surface area contributed by atoms with E-state index in [4.69, 9.17) is 18.9 Å². The van der Waals surface area contributed by atoms with Gasteiger partial charge in [-0.25, -0.2) is 9.37 Å². The highest BCUT2D eigenvalue weighted by Gasteiger charge is 2.20. The highest BCUT2D eigenvalue weighted by molar-refractivity contribution is 5.98. The predicted molar refractivity (Wildman–Crippen MR) is 108 cm³/mol. The van der Waals surface area contributed by atoms with Gasteiger partial charge < -0.3 is 24.3 Å². The number of hydrogen-bond acceptors (Lipinski definition) is 6. The summed E-state index contributed by atoms with van der Waals surface area (Å²) in [6.07, 6.45) is 1.59. The number of ether oxygens (including phenoxy) is 4. The Morgan fingerprint density at radius 2 is 1.67 bits per heavy atom. The second kappa shape index (κ2) is 9.60. The van der Waals surface area contributed by atoms with Crippen LogP contribution in [-0.2, 0) is 6.54 Å². The first-order chi connectivity index (χ1) is 14.5. The minimum absolute atomic E-state index is 0.250. The minimum atomic E-state index is -0.340. The molecule has 0 radical (unpaired) electrons. The number of halogens is 1. The number of aromatic nitrogens is 1. The largest absolute Gasteiger partial charge is 0.493 e. The van der Waals surface area contributed by atoms with Crippen molar-refractivity contribution in [2.75, 3.05) is 21.3 Å². The molecule has 0 aliphatic carbocycles. The number of benzene rings is 2. The molecule has 0 aliphatic rings. The van der Waals surface area contributed by atoms with Crippen molar-refractivity contribution in [2.45, 2.75) is 6.54 Å². The fourth-order valence-electron chi connectivity index (χ4n) is 2.76. The van der Waals surface area contributed by atoms with E-state index in [9.17, 15) is 9.18 Å². The number of nitrogens with one attached hydrogen (secondary N) is 1. The molecule has 0 atom stereocenters. The van der Waals surface area contributed by atoms with E-state index in [1.54, 1.807) is 30.5 Å². The van der Waals surface area contributed by atoms with Crippen LogP contribution in [0.15, 0.2) is 54.7 Å². The van der Waals surface area contributed by atoms with Crippen LogP contribution in [0.5, 0.6) is 28.9 Å². The Kier molecular flexibility index (Phi) is 6.69. The van der Waals surface area contributed by atoms with Gasteiger partial charge in [-0.3, -0.25) is 4.79 Å². The summed E-state index contributed by atoms with van der Waals surface area (Å²) in [7, 11) is 4.44. The summed E-state index contributed by atoms with van der Waals surface area (Å²) in [6.45, 7) is 0.250. The van der Waals surface area contributed by atoms with Gasteiger partial charge in [-0.1, -0.05) is 6.07 Å². The summed E-state index contributed by atoms with van der Waals surface area (Å²) in [5.41, 5.74) is 1.09. The normalized spacial score (nSPS) is 10.3. The Bertz CT molecular complexity index is 1010. The first kappa shape index (κ1) is 20.9. The Morgan fingerprint density at radius 3 is 2.27 bits per heavy atom. The number of nitrogens with zero attached hydrogens (tertiary/aromatic N) is 1. The monoisotopic (exact) mass is 412 g/mol. The molecular formula is C22H21FN2O5. The molecule has 3 aromatic rings. The van der Waals surface area contributed by atoms with Crippen molar-refractivity contribution in [2.24, 2.45) is 0 Å². The van der Waals surface area contributed by atoms with Crippen molar-refractivity contribution in [3.63, 3.8) is 0 Å². The van der Waals surface area contributed by atoms with Crippen LogP contribution in [0, 0.1) is 5.82 Å². The van der Waals surface area contributed by atoms with Crippen LogP contribution >= 0.6 is 0 Å². The Morgan fingerprint density at radius 1 is 0.933 bits per heavy atom. The molecule has 30 heavy (non-hydrogen) atoms. The molecule has 0 spiro atoms. The topological polar surface area (TPSA) is 78.9 Å². The minimum Gasteiger partial charge on any atom is -0.493 e. The summed E-state index contributed by atoms with van der Waals surface area (Å²) in [4.78, 5) is 16.8. The molecule has 1 amide bonds. The smallest absolute Gasteiger partial charge is 0.255 e. The van der Waals surface area contributed by atoms with Crippen LogP contribution < -0.4 is 24.3 Å². The van der Waals surface area contributed by atoms with Gasteiger partial charge in [0.25, 0.3) is 5.91 Å². The van der Waals surface area contributed by atoms with Crippen molar-refractivity contribution in [1.29, 1.82) is 0 Å². The predicted octanol–water partition coefficient (Wildman–Crippen LogP) is 3.97. The quantitative estimate of drug-likeness (QED) is 0.603. The van der Waals surface area contributed by atoms with Crippen LogP contribution in [0.3, 0.4) is 0 Å². The highest BCUT2D eigenvalue weighted by atomic mass is 19.1. The van der Waals surface area contributed by atoms with Crippen LogP contribution in [0.4, 0.5) is 4.39 Å². The summed E-state index contributed by atoms with van der Waals surface area (Å²) >= 11 is 0. The molecule has 7 nitrogen and oxygen atoms in total. The molecule has 8 heteroatoms. The second-order valence-electron chi connectivity index (χ2n) is 6.13. The fraction of sp³-hybridized carbons (Fsp3) is 0.182. The molecule has 1 heterocycles. The first-order valence-corrected chi connectivity index (χ1v) is 9.01. The standard InChI is InChI=1S/C22H21FN2O5/c1-27-18-10-9-17(20(28-2)21(18)29-3)22(26)25-13-14-4-11-19(24-12-14)30-16-7-5-15(23)6-8-16/h4-12H,13H2,1-3H3,(H,25,26). The zero-order valence-corrected chi connectivity index (χ0v) is 16.8. The zero-order chi connectivity index (χ0) is 21.5. The van der Waals surface area contributed by atoms with Gasteiger partial charge in [-0.2, -0.15) is 0 Å². The van der Waals surface area contributed by atoms with Gasteiger partial charge in [0.2, 0.25) is 11.6 Å². The van der Waals surface area contributed by atoms with Crippen molar-refractivity contribution < 1.29 is 28.1 Å². The van der Waals surface area contributed by atoms with Crippen LogP contribution in [0.25, 0.3) is 0 Å². The Hall–Kier alpha value is -3.81. The van der Waals surface area contributed by atoms with Gasteiger partial charge in [0.15, 0.2) is 11.5 Å². The zero-order valence-electron chi connectivity index (χ0n) is 16.8. The summed E-state index contributed by atoms with van der Waals surface area (Å²) in [5.74, 6) is 1.26. The van der Waals surface area contributed by atoms with Gasteiger partial charge >= 0.3 is 0 Å². The molecular weight excluding hydrogens is 391 g/mol. The molecule has 3 rings (SSSR count). The molecule has 2 aromatic carbocycles. The van der Waals surface area contributed by atoms with Gasteiger partial charge in [-0.05, 0) is 42.0 Å². The third kappa shape index (κ3) is 4.78. The SMILES string of the molecule is COc1ccc(C(=O)NCc2ccc(Oc3ccc(F)cc3)nc2)c(OC)c1OC. The molecule has 0 unspecified atom stereocenters. The number of carbonyl (C=O) groups excluding carboxylic acids is 1. The first-order valence-electron chi connectivity index (χ1n) is 9.01. The lowest BCUT2D eigenvalue weighted by Gasteiger charge is -2.15. The Balaban J connectivity index is 1.65. The summed E-state index contributed by atoms with van der Waals surface area (Å²) < 4.78 is 34.4. The number of pyridine rings is 1. The lowest BCUT2D eigenvalue weighted by atomic mass is 10.1. The van der Waals surface area contributed by atoms with Crippen LogP contribution in [-0.4, -0.2) is 32.2 Å². The van der Waals surface area contributed by atoms with Crippen LogP contribution in [0.1, 0.15) is 15.9 Å². The van der Waals surface area contributed by atoms with Gasteiger partial charge in [0.1, 0.15) is 11.6 Å². The van der Waals surface area contributed by atoms with Crippen molar-refractivity contribution >= 4 is 5.91 Å². The van der Waals surface area contributed by atoms with Crippen molar-refractivity contribution in [3.05, 3.63) is 71.7 Å². The molecule has 0 saturated carbocycles. The van der Waals surface area contributed by atoms with E-state index in [1.807, 2.05) is 0 Å². The maximum absolute atomic E-state index is 13.0. The third-order valence-corrected chi connectivity index (χ3v) is 4.24. The molecule has 1 N–H and O–H groups in total. The van der Waals surface area contributed by atoms with E-state index >= 15 is 0 Å². The molecule has 0 saturated heterocycles. The molecule has 0 aliphatic heterocycles. The maximum atomic E-state index is 13.0. The van der Waals surface area contributed by atoms with E-state index in [1.165, 1.54) is 45.6 Å². The van der Waals surface area contributed by atoms with Crippen LogP contribution in [0.2, 0.25) is 0 Å². The molecule has 0 bridgehead atoms. The van der Waals surface area contributed by atoms with E-state index < -0.39 is 0 Å². The second-order valence-corrected chi connectivity index (χ2v) is 6.13. The highest BCUT2D eigenvalue weighted by Crippen LogP contribution is 2.39. The van der Waals surface area contributed by atoms with Gasteiger partial charge in [0, 0.05) is 18.8 Å². The van der Waals surface area contributed by atoms with E-state index in [0.29, 0.717) is 28.7 Å². The average molecular weight is 412 g/mol. The average Bonchev–Trinajstić information content (AvgIpc) is 2.78. The molecule has 1 aromatic heterocycles. The third-order valence-electron chi connectivity index (χ3n) is 4.24. The van der Waals surface area contributed by atoms with E-state index in [0.717, 1.165) is 5.56 Å². The number of methoxy groups -OCH3 is 3. The summed E-state index contributed by atoms with van der Waals surface area (Å²) in [5, 5.41) is 2.82. The number of amides is 1. The lowest BCUT2D eigenvalue weighted by Crippen LogP contribution is -2.23. The maximum Gasteiger partial charge on any atom is 0.255 e. The lowest BCUT2D eigenvalue weighted by molar-refractivity contribution is 0.0947. The summed E-state index contributed by atoms with van der Waals surface area (Å²) in [6, 6.07) is 12.3. The van der Waals surface area contributed by atoms with Crippen molar-refractivity contribution in [3.8, 4) is 28.9 Å². The van der Waals surface area contributed by atoms with E-state index in [2.05, 4.69) is 10.3 Å². The number of rotatable bonds is 8. The van der Waals surface area contributed by atoms with Gasteiger partial charge in [-0.15, -0.1) is 0 Å². The number of carbonyl (C=O) groups is 1.